The van der Waals surface area contributed by atoms with Gasteiger partial charge in [0, 0.05) is 57.4 Å². The first kappa shape index (κ1) is 22.5. The Morgan fingerprint density at radius 1 is 1.12 bits per heavy atom. The first-order chi connectivity index (χ1) is 16.0. The third-order valence-corrected chi connectivity index (χ3v) is 7.96. The fraction of sp³-hybridized carbons (Fsp3) is 0.680. The van der Waals surface area contributed by atoms with Crippen LogP contribution in [-0.4, -0.2) is 89.0 Å². The van der Waals surface area contributed by atoms with Gasteiger partial charge in [-0.05, 0) is 26.8 Å². The minimum Gasteiger partial charge on any atom is -0.463 e. The molecule has 2 fully saturated rings. The topological polar surface area (TPSA) is 74.0 Å². The zero-order valence-corrected chi connectivity index (χ0v) is 20.0. The molecule has 0 aromatic carbocycles. The van der Waals surface area contributed by atoms with Crippen LogP contribution in [0.25, 0.3) is 11.1 Å². The number of likely N-dealkylation sites (N-methyl/N-ethyl adjacent to an activating group) is 1. The lowest BCUT2D eigenvalue weighted by atomic mass is 9.93. The van der Waals surface area contributed by atoms with Crippen LogP contribution in [0.2, 0.25) is 0 Å². The molecule has 0 radical (unpaired) electrons. The molecule has 1 N–H and O–H groups in total. The second-order valence-corrected chi connectivity index (χ2v) is 10.3. The van der Waals surface area contributed by atoms with Crippen LogP contribution in [0.1, 0.15) is 55.9 Å². The molecule has 1 saturated carbocycles. The van der Waals surface area contributed by atoms with E-state index in [0.29, 0.717) is 24.4 Å². The van der Waals surface area contributed by atoms with Crippen LogP contribution >= 0.6 is 0 Å². The number of carbonyl (C=O) groups excluding carboxylic acids is 2. The second-order valence-electron chi connectivity index (χ2n) is 10.3. The summed E-state index contributed by atoms with van der Waals surface area (Å²) in [6, 6.07) is 3.91. The normalized spacial score (nSPS) is 25.9. The van der Waals surface area contributed by atoms with Crippen LogP contribution < -0.4 is 5.32 Å². The number of fused-ring (bicyclic) bond motifs is 3. The van der Waals surface area contributed by atoms with Crippen LogP contribution in [0.3, 0.4) is 0 Å². The van der Waals surface area contributed by atoms with Gasteiger partial charge in [-0.15, -0.1) is 0 Å². The number of nitrogens with zero attached hydrogens (tertiary/aromatic N) is 4. The standard InChI is InChI=1S/C25H37N5O3/c1-25(24(32)26-19-7-5-3-4-6-8-19)18-29-20-9-16-33-22(20)17-21(29)23(31)30(25)15-14-28-12-10-27(2)11-13-28/h9,16-17,19H,3-8,10-15,18H2,1-2H3,(H,26,32)/t25-/m0/s1. The Hall–Kier alpha value is -2.32. The number of carbonyl (C=O) groups is 2. The molecule has 2 amide bonds. The molecule has 8 nitrogen and oxygen atoms in total. The van der Waals surface area contributed by atoms with E-state index in [-0.39, 0.29) is 17.9 Å². The summed E-state index contributed by atoms with van der Waals surface area (Å²) in [5, 5.41) is 3.34. The molecular formula is C25H37N5O3. The van der Waals surface area contributed by atoms with E-state index >= 15 is 0 Å². The highest BCUT2D eigenvalue weighted by Crippen LogP contribution is 2.33. The molecule has 8 heteroatoms. The Kier molecular flexibility index (Phi) is 6.22. The van der Waals surface area contributed by atoms with Crippen LogP contribution in [0.4, 0.5) is 0 Å². The minimum absolute atomic E-state index is 0.0304. The number of hydrogen-bond acceptors (Lipinski definition) is 5. The number of piperazine rings is 1. The van der Waals surface area contributed by atoms with E-state index in [0.717, 1.165) is 63.9 Å². The predicted octanol–water partition coefficient (Wildman–Crippen LogP) is 2.54. The van der Waals surface area contributed by atoms with Crippen LogP contribution in [0.15, 0.2) is 22.8 Å². The van der Waals surface area contributed by atoms with Crippen LogP contribution in [-0.2, 0) is 11.3 Å². The van der Waals surface area contributed by atoms with Gasteiger partial charge >= 0.3 is 0 Å². The Labute approximate surface area is 195 Å². The predicted molar refractivity (Wildman–Crippen MR) is 127 cm³/mol. The first-order valence-electron chi connectivity index (χ1n) is 12.6. The van der Waals surface area contributed by atoms with E-state index < -0.39 is 5.54 Å². The summed E-state index contributed by atoms with van der Waals surface area (Å²) in [5.74, 6) is -0.114. The van der Waals surface area contributed by atoms with E-state index in [9.17, 15) is 9.59 Å². The molecule has 3 aliphatic rings. The molecule has 0 unspecified atom stereocenters. The molecule has 33 heavy (non-hydrogen) atoms. The van der Waals surface area contributed by atoms with Crippen molar-refractivity contribution in [3.05, 3.63) is 24.1 Å². The van der Waals surface area contributed by atoms with Gasteiger partial charge in [-0.2, -0.15) is 0 Å². The molecule has 1 saturated heterocycles. The van der Waals surface area contributed by atoms with E-state index in [1.807, 2.05) is 28.5 Å². The monoisotopic (exact) mass is 455 g/mol. The van der Waals surface area contributed by atoms with Crippen molar-refractivity contribution in [1.82, 2.24) is 24.6 Å². The summed E-state index contributed by atoms with van der Waals surface area (Å²) in [6.07, 6.45) is 8.49. The summed E-state index contributed by atoms with van der Waals surface area (Å²) in [6.45, 7) is 7.76. The summed E-state index contributed by atoms with van der Waals surface area (Å²) in [4.78, 5) is 34.1. The fourth-order valence-electron chi connectivity index (χ4n) is 5.70. The molecule has 1 atom stereocenters. The molecular weight excluding hydrogens is 418 g/mol. The Morgan fingerprint density at radius 2 is 1.85 bits per heavy atom. The molecule has 5 rings (SSSR count). The third kappa shape index (κ3) is 4.30. The van der Waals surface area contributed by atoms with E-state index in [1.165, 1.54) is 12.8 Å². The summed E-state index contributed by atoms with van der Waals surface area (Å²) >= 11 is 0. The largest absolute Gasteiger partial charge is 0.463 e. The number of nitrogens with one attached hydrogen (secondary N) is 1. The van der Waals surface area contributed by atoms with Gasteiger partial charge in [-0.1, -0.05) is 25.7 Å². The molecule has 2 aromatic heterocycles. The zero-order valence-electron chi connectivity index (χ0n) is 20.0. The Balaban J connectivity index is 1.40. The maximum absolute atomic E-state index is 13.8. The van der Waals surface area contributed by atoms with Crippen LogP contribution in [0.5, 0.6) is 0 Å². The van der Waals surface area contributed by atoms with Crippen molar-refractivity contribution in [3.63, 3.8) is 0 Å². The molecule has 4 heterocycles. The highest BCUT2D eigenvalue weighted by molar-refractivity contribution is 6.02. The number of hydrogen-bond donors (Lipinski definition) is 1. The molecule has 1 aliphatic carbocycles. The quantitative estimate of drug-likeness (QED) is 0.702. The molecule has 2 aromatic rings. The van der Waals surface area contributed by atoms with Crippen molar-refractivity contribution in [2.75, 3.05) is 46.3 Å². The van der Waals surface area contributed by atoms with Crippen molar-refractivity contribution in [2.45, 2.75) is 63.6 Å². The summed E-state index contributed by atoms with van der Waals surface area (Å²) in [7, 11) is 2.14. The van der Waals surface area contributed by atoms with Crippen molar-refractivity contribution in [1.29, 1.82) is 0 Å². The number of rotatable bonds is 5. The lowest BCUT2D eigenvalue weighted by Crippen LogP contribution is -2.66. The van der Waals surface area contributed by atoms with Gasteiger partial charge in [-0.25, -0.2) is 0 Å². The lowest BCUT2D eigenvalue weighted by molar-refractivity contribution is -0.133. The van der Waals surface area contributed by atoms with Crippen molar-refractivity contribution < 1.29 is 14.0 Å². The molecule has 2 aliphatic heterocycles. The van der Waals surface area contributed by atoms with Gasteiger partial charge in [-0.3, -0.25) is 14.5 Å². The van der Waals surface area contributed by atoms with Crippen molar-refractivity contribution in [3.8, 4) is 0 Å². The van der Waals surface area contributed by atoms with E-state index in [2.05, 4.69) is 22.2 Å². The van der Waals surface area contributed by atoms with Crippen molar-refractivity contribution >= 4 is 22.9 Å². The summed E-state index contributed by atoms with van der Waals surface area (Å²) < 4.78 is 7.55. The Bertz CT molecular complexity index is 997. The maximum atomic E-state index is 13.8. The highest BCUT2D eigenvalue weighted by atomic mass is 16.3. The zero-order chi connectivity index (χ0) is 23.0. The fourth-order valence-corrected chi connectivity index (χ4v) is 5.70. The van der Waals surface area contributed by atoms with E-state index in [4.69, 9.17) is 4.42 Å². The third-order valence-electron chi connectivity index (χ3n) is 7.96. The molecule has 0 spiro atoms. The first-order valence-corrected chi connectivity index (χ1v) is 12.6. The minimum atomic E-state index is -0.938. The smallest absolute Gasteiger partial charge is 0.271 e. The van der Waals surface area contributed by atoms with Gasteiger partial charge in [0.1, 0.15) is 11.2 Å². The number of amides is 2. The maximum Gasteiger partial charge on any atom is 0.271 e. The lowest BCUT2D eigenvalue weighted by Gasteiger charge is -2.45. The van der Waals surface area contributed by atoms with Gasteiger partial charge in [0.2, 0.25) is 5.91 Å². The van der Waals surface area contributed by atoms with Gasteiger partial charge in [0.15, 0.2) is 5.58 Å². The number of aromatic nitrogens is 1. The van der Waals surface area contributed by atoms with Gasteiger partial charge in [0.25, 0.3) is 5.91 Å². The average Bonchev–Trinajstić information content (AvgIpc) is 3.29. The van der Waals surface area contributed by atoms with E-state index in [1.54, 1.807) is 6.26 Å². The number of furan rings is 1. The highest BCUT2D eigenvalue weighted by Gasteiger charge is 2.48. The van der Waals surface area contributed by atoms with Gasteiger partial charge < -0.3 is 24.1 Å². The summed E-state index contributed by atoms with van der Waals surface area (Å²) in [5.41, 5.74) is 1.26. The average molecular weight is 456 g/mol. The SMILES string of the molecule is CN1CCN(CCN2C(=O)c3cc4occc4n3C[C@@]2(C)C(=O)NC2CCCCCC2)CC1. The molecule has 0 bridgehead atoms. The van der Waals surface area contributed by atoms with Crippen molar-refractivity contribution in [2.24, 2.45) is 0 Å². The van der Waals surface area contributed by atoms with Gasteiger partial charge in [0.05, 0.1) is 18.3 Å². The molecule has 180 valence electrons. The van der Waals surface area contributed by atoms with Crippen LogP contribution in [0, 0.1) is 0 Å². The Morgan fingerprint density at radius 3 is 2.58 bits per heavy atom. The second kappa shape index (κ2) is 9.14.